The van der Waals surface area contributed by atoms with Gasteiger partial charge in [-0.25, -0.2) is 26.6 Å². The Morgan fingerprint density at radius 1 is 0.943 bits per heavy atom. The zero-order valence-electron chi connectivity index (χ0n) is 17.0. The molecule has 0 radical (unpaired) electrons. The first-order valence-electron chi connectivity index (χ1n) is 9.73. The lowest BCUT2D eigenvalue weighted by Crippen LogP contribution is -2.55. The van der Waals surface area contributed by atoms with Gasteiger partial charge in [0, 0.05) is 4.90 Å². The zero-order valence-corrected chi connectivity index (χ0v) is 19.4. The fraction of sp³-hybridized carbons (Fsp3) is 0.300. The van der Waals surface area contributed by atoms with Crippen molar-refractivity contribution in [1.29, 1.82) is 0 Å². The summed E-state index contributed by atoms with van der Waals surface area (Å²) in [5, 5.41) is 38.8. The van der Waals surface area contributed by atoms with Crippen LogP contribution in [-0.2, 0) is 4.74 Å². The van der Waals surface area contributed by atoms with Crippen molar-refractivity contribution in [3.05, 3.63) is 63.5 Å². The van der Waals surface area contributed by atoms with E-state index in [4.69, 9.17) is 27.9 Å². The topological polar surface area (TPSA) is 101 Å². The van der Waals surface area contributed by atoms with Gasteiger partial charge in [-0.1, -0.05) is 40.2 Å². The minimum absolute atomic E-state index is 0.223. The van der Waals surface area contributed by atoms with Gasteiger partial charge in [0.25, 0.3) is 0 Å². The summed E-state index contributed by atoms with van der Waals surface area (Å²) < 4.78 is 75.4. The van der Waals surface area contributed by atoms with Gasteiger partial charge in [0.1, 0.15) is 35.5 Å². The Morgan fingerprint density at radius 2 is 1.57 bits per heavy atom. The van der Waals surface area contributed by atoms with Gasteiger partial charge in [-0.05, 0) is 18.2 Å². The molecule has 0 bridgehead atoms. The summed E-state index contributed by atoms with van der Waals surface area (Å²) in [7, 11) is 0. The molecule has 2 unspecified atom stereocenters. The number of aliphatic hydroxyl groups is 3. The maximum atomic E-state index is 14.2. The van der Waals surface area contributed by atoms with E-state index in [0.29, 0.717) is 4.90 Å². The molecule has 3 N–H and O–H groups in total. The number of nitrogens with zero attached hydrogens (tertiary/aromatic N) is 3. The van der Waals surface area contributed by atoms with E-state index < -0.39 is 76.7 Å². The van der Waals surface area contributed by atoms with Crippen LogP contribution in [-0.4, -0.2) is 60.7 Å². The average Bonchev–Trinajstić information content (AvgIpc) is 3.30. The number of benzene rings is 2. The number of thioether (sulfide) groups is 1. The molecule has 0 spiro atoms. The van der Waals surface area contributed by atoms with Gasteiger partial charge < -0.3 is 20.1 Å². The number of rotatable bonds is 5. The molecule has 15 heteroatoms. The van der Waals surface area contributed by atoms with Gasteiger partial charge in [-0.2, -0.15) is 0 Å². The van der Waals surface area contributed by atoms with Crippen molar-refractivity contribution in [3.63, 3.8) is 0 Å². The van der Waals surface area contributed by atoms with Crippen molar-refractivity contribution < 1.29 is 42.0 Å². The fourth-order valence-corrected chi connectivity index (χ4v) is 4.99. The van der Waals surface area contributed by atoms with Crippen molar-refractivity contribution in [2.24, 2.45) is 0 Å². The lowest BCUT2D eigenvalue weighted by molar-refractivity contribution is -0.178. The fourth-order valence-electron chi connectivity index (χ4n) is 3.53. The molecule has 1 aliphatic rings. The maximum Gasteiger partial charge on any atom is 0.200 e. The van der Waals surface area contributed by atoms with E-state index in [1.807, 2.05) is 0 Å². The molecule has 0 aliphatic carbocycles. The van der Waals surface area contributed by atoms with Crippen LogP contribution in [0.4, 0.5) is 22.0 Å². The number of aromatic nitrogens is 3. The van der Waals surface area contributed by atoms with Crippen LogP contribution in [0.5, 0.6) is 0 Å². The lowest BCUT2D eigenvalue weighted by Gasteiger charge is -2.41. The number of halogens is 7. The highest BCUT2D eigenvalue weighted by atomic mass is 35.5. The van der Waals surface area contributed by atoms with E-state index >= 15 is 0 Å². The molecule has 35 heavy (non-hydrogen) atoms. The summed E-state index contributed by atoms with van der Waals surface area (Å²) in [6.07, 6.45) is -3.56. The molecule has 0 amide bonds. The Hall–Kier alpha value is -2.00. The molecule has 188 valence electrons. The van der Waals surface area contributed by atoms with Crippen molar-refractivity contribution in [2.75, 3.05) is 6.61 Å². The normalized spacial score (nSPS) is 24.7. The molecule has 1 aromatic heterocycles. The SMILES string of the molecule is OCC1O[C@H](Sc2ccc(Cl)c(Cl)c2)C(O)[C@@H](n2cc(-c3c(F)c(F)c(F)c(F)c3F)nn2)[C@H]1O. The summed E-state index contributed by atoms with van der Waals surface area (Å²) in [5.41, 5.74) is -3.18. The molecule has 2 aromatic carbocycles. The van der Waals surface area contributed by atoms with Crippen LogP contribution in [0, 0.1) is 29.1 Å². The molecular formula is C20H14Cl2F5N3O4S. The number of hydrogen-bond acceptors (Lipinski definition) is 7. The third kappa shape index (κ3) is 4.73. The average molecular weight is 558 g/mol. The Morgan fingerprint density at radius 3 is 2.17 bits per heavy atom. The molecule has 3 aromatic rings. The van der Waals surface area contributed by atoms with E-state index in [9.17, 15) is 37.3 Å². The largest absolute Gasteiger partial charge is 0.394 e. The third-order valence-electron chi connectivity index (χ3n) is 5.27. The molecule has 5 atom stereocenters. The molecule has 1 fully saturated rings. The Bertz CT molecular complexity index is 1240. The zero-order chi connectivity index (χ0) is 25.6. The van der Waals surface area contributed by atoms with Crippen LogP contribution in [0.15, 0.2) is 29.3 Å². The predicted octanol–water partition coefficient (Wildman–Crippen LogP) is 3.72. The standard InChI is InChI=1S/C20H14Cl2F5N3O4S/c21-7-2-1-6(3-8(7)22)35-20-19(33)17(18(32)10(5-31)34-20)30-4-9(28-29-30)11-12(23)14(25)16(27)15(26)13(11)24/h1-4,10,17-20,31-33H,5H2/t10?,17-,18-,19?,20+/m0/s1. The quantitative estimate of drug-likeness (QED) is 0.250. The monoisotopic (exact) mass is 557 g/mol. The van der Waals surface area contributed by atoms with E-state index in [1.54, 1.807) is 6.07 Å². The predicted molar refractivity (Wildman–Crippen MR) is 114 cm³/mol. The molecule has 0 saturated carbocycles. The Labute approximate surface area is 208 Å². The summed E-state index contributed by atoms with van der Waals surface area (Å²) in [4.78, 5) is 0.510. The van der Waals surface area contributed by atoms with Crippen molar-refractivity contribution >= 4 is 35.0 Å². The van der Waals surface area contributed by atoms with Crippen LogP contribution in [0.3, 0.4) is 0 Å². The van der Waals surface area contributed by atoms with E-state index in [0.717, 1.165) is 22.6 Å². The molecule has 1 aliphatic heterocycles. The Kier molecular flexibility index (Phi) is 7.57. The van der Waals surface area contributed by atoms with Gasteiger partial charge in [0.15, 0.2) is 23.3 Å². The maximum absolute atomic E-state index is 14.2. The second-order valence-corrected chi connectivity index (χ2v) is 9.41. The first-order valence-corrected chi connectivity index (χ1v) is 11.4. The molecule has 2 heterocycles. The molecular weight excluding hydrogens is 544 g/mol. The summed E-state index contributed by atoms with van der Waals surface area (Å²) >= 11 is 12.9. The smallest absolute Gasteiger partial charge is 0.200 e. The number of ether oxygens (including phenoxy) is 1. The first-order chi connectivity index (χ1) is 16.5. The lowest BCUT2D eigenvalue weighted by atomic mass is 9.97. The van der Waals surface area contributed by atoms with E-state index in [2.05, 4.69) is 10.3 Å². The van der Waals surface area contributed by atoms with Gasteiger partial charge in [-0.3, -0.25) is 0 Å². The van der Waals surface area contributed by atoms with Crippen LogP contribution in [0.2, 0.25) is 10.0 Å². The van der Waals surface area contributed by atoms with Crippen molar-refractivity contribution in [1.82, 2.24) is 15.0 Å². The number of hydrogen-bond donors (Lipinski definition) is 3. The second kappa shape index (κ2) is 10.2. The van der Waals surface area contributed by atoms with Gasteiger partial charge in [-0.15, -0.1) is 5.10 Å². The van der Waals surface area contributed by atoms with Crippen molar-refractivity contribution in [3.8, 4) is 11.3 Å². The number of aliphatic hydroxyl groups excluding tert-OH is 3. The minimum Gasteiger partial charge on any atom is -0.394 e. The first kappa shape index (κ1) is 26.1. The minimum atomic E-state index is -2.33. The van der Waals surface area contributed by atoms with E-state index in [1.165, 1.54) is 12.1 Å². The highest BCUT2D eigenvalue weighted by Gasteiger charge is 2.46. The summed E-state index contributed by atoms with van der Waals surface area (Å²) in [5.74, 6) is -10.9. The molecule has 4 rings (SSSR count). The highest BCUT2D eigenvalue weighted by molar-refractivity contribution is 7.99. The highest BCUT2D eigenvalue weighted by Crippen LogP contribution is 2.40. The molecule has 1 saturated heterocycles. The van der Waals surface area contributed by atoms with Crippen molar-refractivity contribution in [2.45, 2.75) is 34.7 Å². The summed E-state index contributed by atoms with van der Waals surface area (Å²) in [6.45, 7) is -0.679. The summed E-state index contributed by atoms with van der Waals surface area (Å²) in [6, 6.07) is 3.20. The van der Waals surface area contributed by atoms with Gasteiger partial charge in [0.2, 0.25) is 5.82 Å². The van der Waals surface area contributed by atoms with E-state index in [-0.39, 0.29) is 10.0 Å². The van der Waals surface area contributed by atoms with Gasteiger partial charge >= 0.3 is 0 Å². The van der Waals surface area contributed by atoms with Crippen LogP contribution in [0.1, 0.15) is 6.04 Å². The third-order valence-corrected chi connectivity index (χ3v) is 7.16. The van der Waals surface area contributed by atoms with Gasteiger partial charge in [0.05, 0.1) is 28.4 Å². The van der Waals surface area contributed by atoms with Crippen LogP contribution < -0.4 is 0 Å². The van der Waals surface area contributed by atoms with Crippen LogP contribution in [0.25, 0.3) is 11.3 Å². The molecule has 7 nitrogen and oxygen atoms in total. The Balaban J connectivity index is 1.69. The van der Waals surface area contributed by atoms with Crippen LogP contribution >= 0.6 is 35.0 Å². The second-order valence-electron chi connectivity index (χ2n) is 7.42.